The third-order valence-corrected chi connectivity index (χ3v) is 2.25. The average molecular weight is 217 g/mol. The van der Waals surface area contributed by atoms with Gasteiger partial charge in [0.05, 0.1) is 0 Å². The Labute approximate surface area is 73.3 Å². The van der Waals surface area contributed by atoms with Crippen LogP contribution in [0.4, 0.5) is 0 Å². The van der Waals surface area contributed by atoms with Gasteiger partial charge in [-0.05, 0) is 29.8 Å². The second-order valence-corrected chi connectivity index (χ2v) is 3.25. The summed E-state index contributed by atoms with van der Waals surface area (Å²) in [5.41, 5.74) is 1.91. The van der Waals surface area contributed by atoms with Gasteiger partial charge in [-0.15, -0.1) is 0 Å². The molecule has 1 rings (SSSR count). The van der Waals surface area contributed by atoms with Crippen molar-refractivity contribution >= 4 is 21.7 Å². The molecule has 1 aromatic rings. The SMILES string of the molecule is CC(=O)Cc1[nH]nc(Br)c1C. The molecular formula is C7H9BrN2O. The van der Waals surface area contributed by atoms with Gasteiger partial charge in [-0.3, -0.25) is 9.89 Å². The molecule has 0 saturated carbocycles. The number of nitrogens with one attached hydrogen (secondary N) is 1. The molecule has 11 heavy (non-hydrogen) atoms. The number of hydrogen-bond donors (Lipinski definition) is 1. The lowest BCUT2D eigenvalue weighted by molar-refractivity contribution is -0.116. The topological polar surface area (TPSA) is 45.8 Å². The predicted octanol–water partition coefficient (Wildman–Crippen LogP) is 1.61. The highest BCUT2D eigenvalue weighted by Gasteiger charge is 2.07. The number of ketones is 1. The standard InChI is InChI=1S/C7H9BrN2O/c1-4(11)3-6-5(2)7(8)10-9-6/h3H2,1-2H3,(H,9,10). The van der Waals surface area contributed by atoms with E-state index in [1.165, 1.54) is 0 Å². The summed E-state index contributed by atoms with van der Waals surface area (Å²) < 4.78 is 0.786. The highest BCUT2D eigenvalue weighted by molar-refractivity contribution is 9.10. The monoisotopic (exact) mass is 216 g/mol. The summed E-state index contributed by atoms with van der Waals surface area (Å²) >= 11 is 3.25. The summed E-state index contributed by atoms with van der Waals surface area (Å²) in [5, 5.41) is 6.70. The Morgan fingerprint density at radius 3 is 2.73 bits per heavy atom. The van der Waals surface area contributed by atoms with Gasteiger partial charge in [0.15, 0.2) is 0 Å². The van der Waals surface area contributed by atoms with E-state index in [1.54, 1.807) is 6.92 Å². The molecule has 60 valence electrons. The Hall–Kier alpha value is -0.640. The molecule has 0 saturated heterocycles. The zero-order chi connectivity index (χ0) is 8.43. The van der Waals surface area contributed by atoms with Crippen molar-refractivity contribution in [1.82, 2.24) is 10.2 Å². The molecule has 0 spiro atoms. The smallest absolute Gasteiger partial charge is 0.135 e. The molecule has 0 atom stereocenters. The van der Waals surface area contributed by atoms with E-state index in [-0.39, 0.29) is 5.78 Å². The molecule has 0 unspecified atom stereocenters. The molecular weight excluding hydrogens is 208 g/mol. The third-order valence-electron chi connectivity index (χ3n) is 1.48. The first-order chi connectivity index (χ1) is 5.11. The van der Waals surface area contributed by atoms with Gasteiger partial charge in [-0.25, -0.2) is 0 Å². The van der Waals surface area contributed by atoms with Crippen LogP contribution in [0, 0.1) is 6.92 Å². The zero-order valence-electron chi connectivity index (χ0n) is 6.44. The molecule has 0 aliphatic carbocycles. The van der Waals surface area contributed by atoms with E-state index in [0.29, 0.717) is 6.42 Å². The van der Waals surface area contributed by atoms with Gasteiger partial charge in [0.1, 0.15) is 10.4 Å². The zero-order valence-corrected chi connectivity index (χ0v) is 8.03. The van der Waals surface area contributed by atoms with Crippen LogP contribution in [0.15, 0.2) is 4.60 Å². The fraction of sp³-hybridized carbons (Fsp3) is 0.429. The number of carbonyl (C=O) groups is 1. The van der Waals surface area contributed by atoms with Crippen molar-refractivity contribution in [3.63, 3.8) is 0 Å². The van der Waals surface area contributed by atoms with E-state index in [2.05, 4.69) is 26.1 Å². The summed E-state index contributed by atoms with van der Waals surface area (Å²) in [6.45, 7) is 3.49. The van der Waals surface area contributed by atoms with Gasteiger partial charge >= 0.3 is 0 Å². The summed E-state index contributed by atoms with van der Waals surface area (Å²) in [6, 6.07) is 0. The third kappa shape index (κ3) is 1.89. The quantitative estimate of drug-likeness (QED) is 0.817. The Kier molecular flexibility index (Phi) is 2.44. The van der Waals surface area contributed by atoms with Gasteiger partial charge in [-0.2, -0.15) is 5.10 Å². The Balaban J connectivity index is 2.87. The van der Waals surface area contributed by atoms with Crippen LogP contribution >= 0.6 is 15.9 Å². The highest BCUT2D eigenvalue weighted by atomic mass is 79.9. The normalized spacial score (nSPS) is 10.1. The van der Waals surface area contributed by atoms with Crippen LogP contribution < -0.4 is 0 Å². The van der Waals surface area contributed by atoms with Gasteiger partial charge in [0.2, 0.25) is 0 Å². The Bertz CT molecular complexity index is 280. The number of aromatic amines is 1. The molecule has 1 aromatic heterocycles. The number of halogens is 1. The van der Waals surface area contributed by atoms with E-state index < -0.39 is 0 Å². The predicted molar refractivity (Wildman–Crippen MR) is 45.4 cm³/mol. The first-order valence-corrected chi connectivity index (χ1v) is 4.09. The minimum Gasteiger partial charge on any atom is -0.300 e. The molecule has 0 aliphatic rings. The number of aromatic nitrogens is 2. The van der Waals surface area contributed by atoms with E-state index in [4.69, 9.17) is 0 Å². The van der Waals surface area contributed by atoms with Crippen molar-refractivity contribution in [1.29, 1.82) is 0 Å². The van der Waals surface area contributed by atoms with Crippen LogP contribution in [0.3, 0.4) is 0 Å². The molecule has 4 heteroatoms. The Morgan fingerprint density at radius 2 is 2.36 bits per heavy atom. The first-order valence-electron chi connectivity index (χ1n) is 3.30. The molecule has 0 fully saturated rings. The molecule has 0 aliphatic heterocycles. The van der Waals surface area contributed by atoms with Crippen molar-refractivity contribution in [3.8, 4) is 0 Å². The van der Waals surface area contributed by atoms with Gasteiger partial charge in [0.25, 0.3) is 0 Å². The second-order valence-electron chi connectivity index (χ2n) is 2.50. The van der Waals surface area contributed by atoms with Crippen LogP contribution in [0.5, 0.6) is 0 Å². The first kappa shape index (κ1) is 8.46. The maximum atomic E-state index is 10.7. The minimum atomic E-state index is 0.143. The summed E-state index contributed by atoms with van der Waals surface area (Å²) in [6.07, 6.45) is 0.435. The van der Waals surface area contributed by atoms with Crippen molar-refractivity contribution in [2.24, 2.45) is 0 Å². The fourth-order valence-corrected chi connectivity index (χ4v) is 1.16. The summed E-state index contributed by atoms with van der Waals surface area (Å²) in [7, 11) is 0. The summed E-state index contributed by atoms with van der Waals surface area (Å²) in [5.74, 6) is 0.143. The van der Waals surface area contributed by atoms with E-state index in [1.807, 2.05) is 6.92 Å². The molecule has 0 amide bonds. The van der Waals surface area contributed by atoms with Crippen molar-refractivity contribution in [2.75, 3.05) is 0 Å². The fourth-order valence-electron chi connectivity index (χ4n) is 0.830. The van der Waals surface area contributed by atoms with Crippen LogP contribution in [-0.4, -0.2) is 16.0 Å². The van der Waals surface area contributed by atoms with Crippen molar-refractivity contribution in [2.45, 2.75) is 20.3 Å². The molecule has 0 radical (unpaired) electrons. The highest BCUT2D eigenvalue weighted by Crippen LogP contribution is 2.15. The lowest BCUT2D eigenvalue weighted by atomic mass is 10.2. The molecule has 0 bridgehead atoms. The number of H-pyrrole nitrogens is 1. The second kappa shape index (κ2) is 3.17. The van der Waals surface area contributed by atoms with E-state index in [0.717, 1.165) is 15.9 Å². The maximum absolute atomic E-state index is 10.7. The molecule has 0 aromatic carbocycles. The van der Waals surface area contributed by atoms with Crippen molar-refractivity contribution in [3.05, 3.63) is 15.9 Å². The lowest BCUT2D eigenvalue weighted by Crippen LogP contribution is -1.97. The van der Waals surface area contributed by atoms with Crippen LogP contribution in [-0.2, 0) is 11.2 Å². The van der Waals surface area contributed by atoms with Crippen LogP contribution in [0.25, 0.3) is 0 Å². The van der Waals surface area contributed by atoms with Gasteiger partial charge < -0.3 is 0 Å². The van der Waals surface area contributed by atoms with Gasteiger partial charge in [0, 0.05) is 17.7 Å². The largest absolute Gasteiger partial charge is 0.300 e. The number of rotatable bonds is 2. The number of nitrogens with zero attached hydrogens (tertiary/aromatic N) is 1. The van der Waals surface area contributed by atoms with Crippen LogP contribution in [0.1, 0.15) is 18.2 Å². The number of carbonyl (C=O) groups excluding carboxylic acids is 1. The molecule has 1 heterocycles. The molecule has 1 N–H and O–H groups in total. The number of hydrogen-bond acceptors (Lipinski definition) is 2. The van der Waals surface area contributed by atoms with Gasteiger partial charge in [-0.1, -0.05) is 0 Å². The van der Waals surface area contributed by atoms with Crippen LogP contribution in [0.2, 0.25) is 0 Å². The van der Waals surface area contributed by atoms with E-state index in [9.17, 15) is 4.79 Å². The Morgan fingerprint density at radius 1 is 1.73 bits per heavy atom. The molecule has 3 nitrogen and oxygen atoms in total. The summed E-state index contributed by atoms with van der Waals surface area (Å²) in [4.78, 5) is 10.7. The lowest BCUT2D eigenvalue weighted by Gasteiger charge is -1.92. The van der Waals surface area contributed by atoms with Crippen molar-refractivity contribution < 1.29 is 4.79 Å². The maximum Gasteiger partial charge on any atom is 0.135 e. The average Bonchev–Trinajstić information content (AvgIpc) is 2.18. The minimum absolute atomic E-state index is 0.143. The van der Waals surface area contributed by atoms with E-state index >= 15 is 0 Å². The number of Topliss-reactive ketones (excluding diaryl/α,β-unsaturated/α-hetero) is 1.